The standard InChI is InChI=1S/C17H26N2O2/c1-11(2)7-17(8-12(3)4)9-15-13(10-18-17)5-6-14(19-15)16(20)21/h5-6,11-12,18H,7-10H2,1-4H3,(H,20,21). The van der Waals surface area contributed by atoms with E-state index in [4.69, 9.17) is 5.11 Å². The topological polar surface area (TPSA) is 62.2 Å². The summed E-state index contributed by atoms with van der Waals surface area (Å²) in [6.45, 7) is 9.73. The van der Waals surface area contributed by atoms with Gasteiger partial charge in [-0.2, -0.15) is 0 Å². The zero-order valence-corrected chi connectivity index (χ0v) is 13.4. The molecule has 0 aliphatic carbocycles. The molecule has 21 heavy (non-hydrogen) atoms. The van der Waals surface area contributed by atoms with Gasteiger partial charge in [-0.25, -0.2) is 9.78 Å². The van der Waals surface area contributed by atoms with Crippen molar-refractivity contribution < 1.29 is 9.90 Å². The molecule has 0 amide bonds. The van der Waals surface area contributed by atoms with Gasteiger partial charge < -0.3 is 10.4 Å². The summed E-state index contributed by atoms with van der Waals surface area (Å²) < 4.78 is 0. The van der Waals surface area contributed by atoms with E-state index in [-0.39, 0.29) is 11.2 Å². The minimum absolute atomic E-state index is 0.0411. The van der Waals surface area contributed by atoms with Crippen LogP contribution in [-0.2, 0) is 13.0 Å². The van der Waals surface area contributed by atoms with E-state index in [9.17, 15) is 4.79 Å². The fourth-order valence-corrected chi connectivity index (χ4v) is 3.56. The molecule has 1 aliphatic rings. The third-order valence-corrected chi connectivity index (χ3v) is 4.05. The molecule has 4 heteroatoms. The lowest BCUT2D eigenvalue weighted by atomic mass is 9.76. The molecule has 2 heterocycles. The fourth-order valence-electron chi connectivity index (χ4n) is 3.56. The molecule has 0 bridgehead atoms. The van der Waals surface area contributed by atoms with E-state index >= 15 is 0 Å². The van der Waals surface area contributed by atoms with Gasteiger partial charge in [-0.1, -0.05) is 33.8 Å². The summed E-state index contributed by atoms with van der Waals surface area (Å²) in [6, 6.07) is 3.49. The molecule has 0 fully saturated rings. The molecular weight excluding hydrogens is 264 g/mol. The molecule has 1 aromatic rings. The monoisotopic (exact) mass is 290 g/mol. The Hall–Kier alpha value is -1.42. The van der Waals surface area contributed by atoms with Crippen molar-refractivity contribution in [2.75, 3.05) is 0 Å². The van der Waals surface area contributed by atoms with Crippen molar-refractivity contribution >= 4 is 5.97 Å². The Morgan fingerprint density at radius 1 is 1.29 bits per heavy atom. The van der Waals surface area contributed by atoms with Crippen molar-refractivity contribution in [1.29, 1.82) is 0 Å². The van der Waals surface area contributed by atoms with E-state index in [1.165, 1.54) is 0 Å². The number of carboxylic acid groups (broad SMARTS) is 1. The van der Waals surface area contributed by atoms with Crippen LogP contribution in [0.5, 0.6) is 0 Å². The Balaban J connectivity index is 2.31. The molecule has 1 aromatic heterocycles. The van der Waals surface area contributed by atoms with Crippen LogP contribution in [0.15, 0.2) is 12.1 Å². The zero-order valence-electron chi connectivity index (χ0n) is 13.4. The number of hydrogen-bond acceptors (Lipinski definition) is 3. The normalized spacial score (nSPS) is 17.0. The second-order valence-electron chi connectivity index (χ2n) is 7.11. The van der Waals surface area contributed by atoms with E-state index in [2.05, 4.69) is 38.0 Å². The van der Waals surface area contributed by atoms with E-state index in [0.717, 1.165) is 37.1 Å². The summed E-state index contributed by atoms with van der Waals surface area (Å²) in [5.41, 5.74) is 2.27. The summed E-state index contributed by atoms with van der Waals surface area (Å²) in [5, 5.41) is 12.8. The predicted molar refractivity (Wildman–Crippen MR) is 83.4 cm³/mol. The number of carbonyl (C=O) groups is 1. The van der Waals surface area contributed by atoms with E-state index in [1.807, 2.05) is 6.07 Å². The van der Waals surface area contributed by atoms with Gasteiger partial charge in [-0.15, -0.1) is 0 Å². The quantitative estimate of drug-likeness (QED) is 0.873. The lowest BCUT2D eigenvalue weighted by Gasteiger charge is -2.41. The predicted octanol–water partition coefficient (Wildman–Crippen LogP) is 3.26. The zero-order chi connectivity index (χ0) is 15.6. The molecule has 4 nitrogen and oxygen atoms in total. The summed E-state index contributed by atoms with van der Waals surface area (Å²) >= 11 is 0. The SMILES string of the molecule is CC(C)CC1(CC(C)C)Cc2nc(C(=O)O)ccc2CN1. The average Bonchev–Trinajstić information content (AvgIpc) is 2.35. The fraction of sp³-hybridized carbons (Fsp3) is 0.647. The Kier molecular flexibility index (Phi) is 4.67. The second kappa shape index (κ2) is 6.14. The molecule has 0 unspecified atom stereocenters. The molecule has 0 spiro atoms. The van der Waals surface area contributed by atoms with Crippen LogP contribution in [0.25, 0.3) is 0 Å². The highest BCUT2D eigenvalue weighted by molar-refractivity contribution is 5.85. The van der Waals surface area contributed by atoms with Gasteiger partial charge in [0.2, 0.25) is 0 Å². The largest absolute Gasteiger partial charge is 0.477 e. The summed E-state index contributed by atoms with van der Waals surface area (Å²) in [4.78, 5) is 15.5. The number of fused-ring (bicyclic) bond motifs is 1. The van der Waals surface area contributed by atoms with Crippen LogP contribution in [0.3, 0.4) is 0 Å². The lowest BCUT2D eigenvalue weighted by molar-refractivity contribution is 0.0689. The summed E-state index contributed by atoms with van der Waals surface area (Å²) in [5.74, 6) is 0.246. The van der Waals surface area contributed by atoms with Crippen LogP contribution in [0.4, 0.5) is 0 Å². The molecule has 1 aliphatic heterocycles. The van der Waals surface area contributed by atoms with Crippen molar-refractivity contribution in [2.45, 2.75) is 59.0 Å². The van der Waals surface area contributed by atoms with Crippen LogP contribution in [-0.4, -0.2) is 21.6 Å². The van der Waals surface area contributed by atoms with Crippen molar-refractivity contribution in [3.63, 3.8) is 0 Å². The highest BCUT2D eigenvalue weighted by Crippen LogP contribution is 2.33. The molecule has 0 saturated carbocycles. The average molecular weight is 290 g/mol. The van der Waals surface area contributed by atoms with Crippen molar-refractivity contribution in [2.24, 2.45) is 11.8 Å². The number of hydrogen-bond donors (Lipinski definition) is 2. The van der Waals surface area contributed by atoms with Crippen molar-refractivity contribution in [3.05, 3.63) is 29.1 Å². The maximum absolute atomic E-state index is 11.1. The first-order valence-electron chi connectivity index (χ1n) is 7.78. The highest BCUT2D eigenvalue weighted by atomic mass is 16.4. The first-order chi connectivity index (χ1) is 9.81. The molecule has 0 radical (unpaired) electrons. The van der Waals surface area contributed by atoms with Gasteiger partial charge in [0.15, 0.2) is 0 Å². The van der Waals surface area contributed by atoms with E-state index < -0.39 is 5.97 Å². The van der Waals surface area contributed by atoms with Gasteiger partial charge in [-0.05, 0) is 36.3 Å². The number of carboxylic acids is 1. The van der Waals surface area contributed by atoms with Gasteiger partial charge in [0.1, 0.15) is 5.69 Å². The maximum atomic E-state index is 11.1. The molecule has 0 saturated heterocycles. The van der Waals surface area contributed by atoms with E-state index in [1.54, 1.807) is 6.07 Å². The first-order valence-corrected chi connectivity index (χ1v) is 7.78. The summed E-state index contributed by atoms with van der Waals surface area (Å²) in [7, 11) is 0. The van der Waals surface area contributed by atoms with Crippen LogP contribution in [0, 0.1) is 11.8 Å². The maximum Gasteiger partial charge on any atom is 0.354 e. The van der Waals surface area contributed by atoms with Gasteiger partial charge >= 0.3 is 5.97 Å². The number of nitrogens with one attached hydrogen (secondary N) is 1. The molecule has 2 rings (SSSR count). The molecule has 0 atom stereocenters. The minimum atomic E-state index is -0.949. The Morgan fingerprint density at radius 3 is 2.43 bits per heavy atom. The van der Waals surface area contributed by atoms with E-state index in [0.29, 0.717) is 11.8 Å². The summed E-state index contributed by atoms with van der Waals surface area (Å²) in [6.07, 6.45) is 2.99. The van der Waals surface area contributed by atoms with Crippen LogP contribution in [0.2, 0.25) is 0 Å². The number of pyridine rings is 1. The smallest absolute Gasteiger partial charge is 0.354 e. The Labute approximate surface area is 127 Å². The molecule has 116 valence electrons. The number of rotatable bonds is 5. The second-order valence-corrected chi connectivity index (χ2v) is 7.11. The third kappa shape index (κ3) is 3.82. The van der Waals surface area contributed by atoms with Crippen LogP contribution in [0.1, 0.15) is 62.3 Å². The third-order valence-electron chi connectivity index (χ3n) is 4.05. The van der Waals surface area contributed by atoms with Gasteiger partial charge in [0.05, 0.1) is 0 Å². The van der Waals surface area contributed by atoms with Crippen LogP contribution >= 0.6 is 0 Å². The van der Waals surface area contributed by atoms with Gasteiger partial charge in [-0.3, -0.25) is 0 Å². The van der Waals surface area contributed by atoms with Gasteiger partial charge in [0.25, 0.3) is 0 Å². The van der Waals surface area contributed by atoms with Gasteiger partial charge in [0, 0.05) is 24.2 Å². The Bertz CT molecular complexity index is 514. The number of aromatic carboxylic acids is 1. The number of aromatic nitrogens is 1. The van der Waals surface area contributed by atoms with Crippen LogP contribution < -0.4 is 5.32 Å². The minimum Gasteiger partial charge on any atom is -0.477 e. The molecule has 2 N–H and O–H groups in total. The first kappa shape index (κ1) is 16.0. The number of nitrogens with zero attached hydrogens (tertiary/aromatic N) is 1. The Morgan fingerprint density at radius 2 is 1.90 bits per heavy atom. The van der Waals surface area contributed by atoms with Crippen molar-refractivity contribution in [1.82, 2.24) is 10.3 Å². The lowest BCUT2D eigenvalue weighted by Crippen LogP contribution is -2.51. The highest BCUT2D eigenvalue weighted by Gasteiger charge is 2.36. The van der Waals surface area contributed by atoms with Crippen molar-refractivity contribution in [3.8, 4) is 0 Å². The molecular formula is C17H26N2O2. The molecule has 0 aromatic carbocycles.